The Kier molecular flexibility index (Phi) is 3.08. The zero-order chi connectivity index (χ0) is 13.2. The predicted octanol–water partition coefficient (Wildman–Crippen LogP) is 1.74. The number of pyridine rings is 1. The van der Waals surface area contributed by atoms with Crippen molar-refractivity contribution in [2.75, 3.05) is 0 Å². The number of rotatable bonds is 3. The third-order valence-electron chi connectivity index (χ3n) is 2.45. The second-order valence-corrected chi connectivity index (χ2v) is 5.14. The van der Waals surface area contributed by atoms with Gasteiger partial charge in [0.25, 0.3) is 0 Å². The van der Waals surface area contributed by atoms with Crippen LogP contribution in [0.3, 0.4) is 0 Å². The zero-order valence-electron chi connectivity index (χ0n) is 10.4. The molecule has 0 fully saturated rings. The average molecular weight is 273 g/mol. The molecule has 3 heterocycles. The van der Waals surface area contributed by atoms with Crippen molar-refractivity contribution < 1.29 is 0 Å². The van der Waals surface area contributed by atoms with Gasteiger partial charge in [-0.1, -0.05) is 0 Å². The Morgan fingerprint density at radius 3 is 2.84 bits per heavy atom. The van der Waals surface area contributed by atoms with Gasteiger partial charge in [-0.3, -0.25) is 4.98 Å². The number of aromatic nitrogens is 7. The molecule has 96 valence electrons. The highest BCUT2D eigenvalue weighted by atomic mass is 32.2. The fourth-order valence-corrected chi connectivity index (χ4v) is 2.44. The van der Waals surface area contributed by atoms with Crippen molar-refractivity contribution >= 4 is 22.9 Å². The van der Waals surface area contributed by atoms with Gasteiger partial charge >= 0.3 is 0 Å². The van der Waals surface area contributed by atoms with E-state index in [2.05, 4.69) is 30.5 Å². The average Bonchev–Trinajstić information content (AvgIpc) is 2.87. The van der Waals surface area contributed by atoms with Gasteiger partial charge in [0.2, 0.25) is 5.16 Å². The molecule has 0 amide bonds. The Labute approximate surface area is 113 Å². The summed E-state index contributed by atoms with van der Waals surface area (Å²) in [7, 11) is 0. The van der Waals surface area contributed by atoms with Crippen molar-refractivity contribution in [3.63, 3.8) is 0 Å². The van der Waals surface area contributed by atoms with Crippen LogP contribution < -0.4 is 0 Å². The number of tetrazole rings is 1. The van der Waals surface area contributed by atoms with Gasteiger partial charge in [-0.2, -0.15) is 0 Å². The third-order valence-corrected chi connectivity index (χ3v) is 3.34. The Balaban J connectivity index is 1.94. The molecule has 0 spiro atoms. The lowest BCUT2D eigenvalue weighted by molar-refractivity contribution is 0.477. The Morgan fingerprint density at radius 2 is 2.00 bits per heavy atom. The Hall–Kier alpha value is -2.09. The van der Waals surface area contributed by atoms with Gasteiger partial charge in [0.1, 0.15) is 10.5 Å². The van der Waals surface area contributed by atoms with Crippen molar-refractivity contribution in [3.05, 3.63) is 24.5 Å². The zero-order valence-corrected chi connectivity index (χ0v) is 11.2. The van der Waals surface area contributed by atoms with Gasteiger partial charge in [0.05, 0.1) is 6.04 Å². The molecule has 0 aliphatic rings. The van der Waals surface area contributed by atoms with E-state index in [0.717, 1.165) is 10.5 Å². The lowest BCUT2D eigenvalue weighted by Gasteiger charge is -2.06. The van der Waals surface area contributed by atoms with Crippen LogP contribution in [0.1, 0.15) is 19.9 Å². The van der Waals surface area contributed by atoms with Crippen LogP contribution in [-0.2, 0) is 0 Å². The van der Waals surface area contributed by atoms with E-state index in [-0.39, 0.29) is 6.04 Å². The van der Waals surface area contributed by atoms with Crippen LogP contribution >= 0.6 is 11.8 Å². The fraction of sp³-hybridized carbons (Fsp3) is 0.273. The molecular weight excluding hydrogens is 262 g/mol. The summed E-state index contributed by atoms with van der Waals surface area (Å²) in [4.78, 5) is 12.8. The molecule has 0 saturated heterocycles. The van der Waals surface area contributed by atoms with Crippen LogP contribution in [0.2, 0.25) is 0 Å². The lowest BCUT2D eigenvalue weighted by Crippen LogP contribution is -2.04. The first-order valence-corrected chi connectivity index (χ1v) is 6.59. The van der Waals surface area contributed by atoms with Crippen LogP contribution in [-0.4, -0.2) is 35.2 Å². The van der Waals surface area contributed by atoms with Crippen molar-refractivity contribution in [1.29, 1.82) is 0 Å². The molecule has 0 unspecified atom stereocenters. The largest absolute Gasteiger partial charge is 0.251 e. The van der Waals surface area contributed by atoms with Crippen LogP contribution in [0.4, 0.5) is 0 Å². The Morgan fingerprint density at radius 1 is 1.16 bits per heavy atom. The molecule has 7 nitrogen and oxygen atoms in total. The van der Waals surface area contributed by atoms with Gasteiger partial charge in [-0.05, 0) is 48.2 Å². The van der Waals surface area contributed by atoms with Crippen molar-refractivity contribution in [3.8, 4) is 0 Å². The molecule has 0 aromatic carbocycles. The Bertz CT molecular complexity index is 709. The molecule has 3 rings (SSSR count). The maximum atomic E-state index is 4.43. The highest BCUT2D eigenvalue weighted by Crippen LogP contribution is 2.25. The van der Waals surface area contributed by atoms with Crippen molar-refractivity contribution in [2.24, 2.45) is 0 Å². The quantitative estimate of drug-likeness (QED) is 0.718. The van der Waals surface area contributed by atoms with Gasteiger partial charge in [0.15, 0.2) is 5.65 Å². The smallest absolute Gasteiger partial charge is 0.215 e. The number of nitrogens with zero attached hydrogens (tertiary/aromatic N) is 7. The molecular formula is C11H11N7S. The molecule has 0 bridgehead atoms. The summed E-state index contributed by atoms with van der Waals surface area (Å²) in [6.45, 7) is 4.05. The summed E-state index contributed by atoms with van der Waals surface area (Å²) in [5, 5.41) is 13.2. The number of fused-ring (bicyclic) bond motifs is 1. The summed E-state index contributed by atoms with van der Waals surface area (Å²) in [6, 6.07) is 3.99. The normalized spacial score (nSPS) is 11.3. The third kappa shape index (κ3) is 2.39. The second-order valence-electron chi connectivity index (χ2n) is 4.15. The van der Waals surface area contributed by atoms with Crippen LogP contribution in [0.5, 0.6) is 0 Å². The predicted molar refractivity (Wildman–Crippen MR) is 69.7 cm³/mol. The molecule has 0 aliphatic carbocycles. The molecule has 0 saturated carbocycles. The van der Waals surface area contributed by atoms with Gasteiger partial charge in [-0.25, -0.2) is 14.6 Å². The van der Waals surface area contributed by atoms with E-state index in [1.807, 2.05) is 26.0 Å². The van der Waals surface area contributed by atoms with Crippen LogP contribution in [0.15, 0.2) is 34.7 Å². The van der Waals surface area contributed by atoms with Crippen molar-refractivity contribution in [1.82, 2.24) is 35.2 Å². The molecule has 0 N–H and O–H groups in total. The monoisotopic (exact) mass is 273 g/mol. The SMILES string of the molecule is CC(C)n1nnnc1Sc1ccc2nccnc2n1. The second kappa shape index (κ2) is 4.88. The minimum absolute atomic E-state index is 0.206. The lowest BCUT2D eigenvalue weighted by atomic mass is 10.4. The van der Waals surface area contributed by atoms with Gasteiger partial charge in [-0.15, -0.1) is 5.10 Å². The summed E-state index contributed by atoms with van der Waals surface area (Å²) in [5.41, 5.74) is 1.39. The maximum Gasteiger partial charge on any atom is 0.215 e. The summed E-state index contributed by atoms with van der Waals surface area (Å²) in [5.74, 6) is 0. The highest BCUT2D eigenvalue weighted by molar-refractivity contribution is 7.99. The molecule has 0 radical (unpaired) electrons. The summed E-state index contributed by atoms with van der Waals surface area (Å²) in [6.07, 6.45) is 3.28. The number of hydrogen-bond acceptors (Lipinski definition) is 7. The van der Waals surface area contributed by atoms with Crippen LogP contribution in [0.25, 0.3) is 11.2 Å². The van der Waals surface area contributed by atoms with Crippen LogP contribution in [0, 0.1) is 0 Å². The summed E-state index contributed by atoms with van der Waals surface area (Å²) < 4.78 is 1.76. The standard InChI is InChI=1S/C11H11N7S/c1-7(2)18-11(15-16-17-18)19-9-4-3-8-10(14-9)13-6-5-12-8/h3-7H,1-2H3. The van der Waals surface area contributed by atoms with E-state index >= 15 is 0 Å². The van der Waals surface area contributed by atoms with Gasteiger partial charge < -0.3 is 0 Å². The highest BCUT2D eigenvalue weighted by Gasteiger charge is 2.12. The molecule has 0 atom stereocenters. The van der Waals surface area contributed by atoms with E-state index in [1.165, 1.54) is 11.8 Å². The van der Waals surface area contributed by atoms with E-state index in [1.54, 1.807) is 17.1 Å². The molecule has 19 heavy (non-hydrogen) atoms. The topological polar surface area (TPSA) is 82.3 Å². The van der Waals surface area contributed by atoms with E-state index in [0.29, 0.717) is 10.8 Å². The first kappa shape index (κ1) is 12.0. The minimum Gasteiger partial charge on any atom is -0.251 e. The van der Waals surface area contributed by atoms with Gasteiger partial charge in [0, 0.05) is 12.4 Å². The molecule has 3 aromatic heterocycles. The number of hydrogen-bond donors (Lipinski definition) is 0. The summed E-state index contributed by atoms with van der Waals surface area (Å²) >= 11 is 1.41. The minimum atomic E-state index is 0.206. The molecule has 8 heteroatoms. The maximum absolute atomic E-state index is 4.43. The first-order valence-electron chi connectivity index (χ1n) is 5.77. The van der Waals surface area contributed by atoms with E-state index < -0.39 is 0 Å². The first-order chi connectivity index (χ1) is 9.24. The molecule has 0 aliphatic heterocycles. The van der Waals surface area contributed by atoms with E-state index in [9.17, 15) is 0 Å². The molecule has 3 aromatic rings. The fourth-order valence-electron chi connectivity index (χ4n) is 1.56. The van der Waals surface area contributed by atoms with E-state index in [4.69, 9.17) is 0 Å². The van der Waals surface area contributed by atoms with Crippen molar-refractivity contribution in [2.45, 2.75) is 30.1 Å².